The molecule has 0 aromatic rings. The number of likely N-dealkylation sites (tertiary alicyclic amines) is 1. The van der Waals surface area contributed by atoms with Gasteiger partial charge in [0.05, 0.1) is 0 Å². The SMILES string of the molecule is C=C=CCCN1C(=O)CC(C)(C)C1O. The molecule has 1 heterocycles. The zero-order chi connectivity index (χ0) is 10.8. The number of aliphatic hydroxyl groups excluding tert-OH is 1. The number of carbonyl (C=O) groups is 1. The van der Waals surface area contributed by atoms with Crippen molar-refractivity contribution >= 4 is 5.91 Å². The molecular formula is C11H17NO2. The Hall–Kier alpha value is -1.05. The van der Waals surface area contributed by atoms with E-state index < -0.39 is 6.23 Å². The number of rotatable bonds is 3. The molecule has 1 rings (SSSR count). The highest BCUT2D eigenvalue weighted by molar-refractivity contribution is 5.79. The molecular weight excluding hydrogens is 178 g/mol. The standard InChI is InChI=1S/C11H17NO2/c1-4-5-6-7-12-9(13)8-11(2,3)10(12)14/h5,10,14H,1,6-8H2,2-3H3. The predicted octanol–water partition coefficient (Wildman–Crippen LogP) is 1.29. The Labute approximate surface area is 84.7 Å². The second-order valence-electron chi connectivity index (χ2n) is 4.32. The number of hydrogen-bond donors (Lipinski definition) is 1. The normalized spacial score (nSPS) is 24.9. The summed E-state index contributed by atoms with van der Waals surface area (Å²) in [6, 6.07) is 0. The zero-order valence-electron chi connectivity index (χ0n) is 8.79. The van der Waals surface area contributed by atoms with Gasteiger partial charge in [0.1, 0.15) is 6.23 Å². The summed E-state index contributed by atoms with van der Waals surface area (Å²) in [5.74, 6) is 0.0277. The van der Waals surface area contributed by atoms with Crippen molar-refractivity contribution in [1.82, 2.24) is 4.90 Å². The fourth-order valence-electron chi connectivity index (χ4n) is 1.69. The van der Waals surface area contributed by atoms with Crippen LogP contribution < -0.4 is 0 Å². The average molecular weight is 195 g/mol. The van der Waals surface area contributed by atoms with Gasteiger partial charge in [-0.1, -0.05) is 20.4 Å². The summed E-state index contributed by atoms with van der Waals surface area (Å²) in [7, 11) is 0. The van der Waals surface area contributed by atoms with Gasteiger partial charge in [-0.15, -0.1) is 5.73 Å². The first-order valence-electron chi connectivity index (χ1n) is 4.81. The summed E-state index contributed by atoms with van der Waals surface area (Å²) >= 11 is 0. The lowest BCUT2D eigenvalue weighted by atomic mass is 9.91. The molecule has 14 heavy (non-hydrogen) atoms. The third kappa shape index (κ3) is 2.06. The Bertz CT molecular complexity index is 277. The molecule has 0 aliphatic carbocycles. The molecule has 3 heteroatoms. The Kier molecular flexibility index (Phi) is 3.14. The van der Waals surface area contributed by atoms with Gasteiger partial charge in [-0.2, -0.15) is 0 Å². The van der Waals surface area contributed by atoms with Crippen molar-refractivity contribution in [2.45, 2.75) is 32.9 Å². The second kappa shape index (κ2) is 3.99. The van der Waals surface area contributed by atoms with Gasteiger partial charge in [0, 0.05) is 18.4 Å². The van der Waals surface area contributed by atoms with Crippen LogP contribution in [0.1, 0.15) is 26.7 Å². The minimum atomic E-state index is -0.659. The van der Waals surface area contributed by atoms with Gasteiger partial charge in [-0.05, 0) is 12.5 Å². The van der Waals surface area contributed by atoms with E-state index in [4.69, 9.17) is 0 Å². The largest absolute Gasteiger partial charge is 0.373 e. The van der Waals surface area contributed by atoms with E-state index in [1.165, 1.54) is 4.90 Å². The number of aliphatic hydroxyl groups is 1. The van der Waals surface area contributed by atoms with E-state index >= 15 is 0 Å². The van der Waals surface area contributed by atoms with Gasteiger partial charge in [-0.3, -0.25) is 4.79 Å². The van der Waals surface area contributed by atoms with E-state index in [-0.39, 0.29) is 11.3 Å². The van der Waals surface area contributed by atoms with Crippen molar-refractivity contribution in [2.75, 3.05) is 6.54 Å². The first kappa shape index (κ1) is 11.0. The van der Waals surface area contributed by atoms with Crippen LogP contribution in [-0.2, 0) is 4.79 Å². The average Bonchev–Trinajstić information content (AvgIpc) is 2.27. The molecule has 0 aromatic carbocycles. The molecule has 1 fully saturated rings. The molecule has 1 N–H and O–H groups in total. The fourth-order valence-corrected chi connectivity index (χ4v) is 1.69. The van der Waals surface area contributed by atoms with Crippen LogP contribution in [0, 0.1) is 5.41 Å². The Balaban J connectivity index is 2.61. The quantitative estimate of drug-likeness (QED) is 0.689. The highest BCUT2D eigenvalue weighted by atomic mass is 16.3. The van der Waals surface area contributed by atoms with E-state index in [9.17, 15) is 9.90 Å². The molecule has 0 aromatic heterocycles. The highest BCUT2D eigenvalue weighted by Crippen LogP contribution is 2.35. The van der Waals surface area contributed by atoms with E-state index in [0.717, 1.165) is 0 Å². The summed E-state index contributed by atoms with van der Waals surface area (Å²) in [6.07, 6.45) is 2.23. The van der Waals surface area contributed by atoms with Crippen LogP contribution in [-0.4, -0.2) is 28.7 Å². The van der Waals surface area contributed by atoms with Crippen LogP contribution in [0.4, 0.5) is 0 Å². The van der Waals surface area contributed by atoms with Gasteiger partial charge < -0.3 is 10.0 Å². The van der Waals surface area contributed by atoms with Crippen molar-refractivity contribution in [3.8, 4) is 0 Å². The van der Waals surface area contributed by atoms with E-state index in [1.54, 1.807) is 6.08 Å². The summed E-state index contributed by atoms with van der Waals surface area (Å²) in [5, 5.41) is 9.84. The molecule has 0 saturated carbocycles. The number of carbonyl (C=O) groups excluding carboxylic acids is 1. The maximum atomic E-state index is 11.5. The number of nitrogens with zero attached hydrogens (tertiary/aromatic N) is 1. The van der Waals surface area contributed by atoms with Crippen molar-refractivity contribution in [2.24, 2.45) is 5.41 Å². The lowest BCUT2D eigenvalue weighted by Gasteiger charge is -2.26. The fraction of sp³-hybridized carbons (Fsp3) is 0.636. The Morgan fingerprint density at radius 2 is 2.43 bits per heavy atom. The minimum absolute atomic E-state index is 0.0277. The number of amides is 1. The van der Waals surface area contributed by atoms with Crippen molar-refractivity contribution in [3.05, 3.63) is 18.4 Å². The van der Waals surface area contributed by atoms with Gasteiger partial charge in [0.15, 0.2) is 0 Å². The van der Waals surface area contributed by atoms with Crippen LogP contribution in [0.3, 0.4) is 0 Å². The third-order valence-electron chi connectivity index (χ3n) is 2.58. The molecule has 1 atom stereocenters. The molecule has 1 aliphatic rings. The van der Waals surface area contributed by atoms with Crippen molar-refractivity contribution in [1.29, 1.82) is 0 Å². The first-order valence-corrected chi connectivity index (χ1v) is 4.81. The lowest BCUT2D eigenvalue weighted by Crippen LogP contribution is -2.38. The van der Waals surface area contributed by atoms with Crippen molar-refractivity contribution < 1.29 is 9.90 Å². The first-order chi connectivity index (χ1) is 6.49. The third-order valence-corrected chi connectivity index (χ3v) is 2.58. The second-order valence-corrected chi connectivity index (χ2v) is 4.32. The predicted molar refractivity (Wildman–Crippen MR) is 54.4 cm³/mol. The van der Waals surface area contributed by atoms with Crippen LogP contribution in [0.25, 0.3) is 0 Å². The van der Waals surface area contributed by atoms with Crippen molar-refractivity contribution in [3.63, 3.8) is 0 Å². The van der Waals surface area contributed by atoms with Gasteiger partial charge in [0.25, 0.3) is 0 Å². The molecule has 0 spiro atoms. The van der Waals surface area contributed by atoms with Gasteiger partial charge in [-0.25, -0.2) is 0 Å². The van der Waals surface area contributed by atoms with Crippen LogP contribution in [0.5, 0.6) is 0 Å². The Morgan fingerprint density at radius 3 is 2.86 bits per heavy atom. The molecule has 3 nitrogen and oxygen atoms in total. The summed E-state index contributed by atoms with van der Waals surface area (Å²) < 4.78 is 0. The monoisotopic (exact) mass is 195 g/mol. The topological polar surface area (TPSA) is 40.5 Å². The smallest absolute Gasteiger partial charge is 0.225 e. The summed E-state index contributed by atoms with van der Waals surface area (Å²) in [6.45, 7) is 7.80. The molecule has 1 aliphatic heterocycles. The highest BCUT2D eigenvalue weighted by Gasteiger charge is 2.43. The Morgan fingerprint density at radius 1 is 1.79 bits per heavy atom. The summed E-state index contributed by atoms with van der Waals surface area (Å²) in [4.78, 5) is 13.0. The maximum absolute atomic E-state index is 11.5. The molecule has 1 unspecified atom stereocenters. The van der Waals surface area contributed by atoms with E-state index in [1.807, 2.05) is 13.8 Å². The van der Waals surface area contributed by atoms with E-state index in [2.05, 4.69) is 12.3 Å². The maximum Gasteiger partial charge on any atom is 0.225 e. The van der Waals surface area contributed by atoms with Crippen LogP contribution >= 0.6 is 0 Å². The minimum Gasteiger partial charge on any atom is -0.373 e. The molecule has 1 amide bonds. The molecule has 1 saturated heterocycles. The molecule has 0 radical (unpaired) electrons. The number of hydrogen-bond acceptors (Lipinski definition) is 2. The van der Waals surface area contributed by atoms with Crippen LogP contribution in [0.15, 0.2) is 18.4 Å². The summed E-state index contributed by atoms with van der Waals surface area (Å²) in [5.41, 5.74) is 2.32. The molecule has 0 bridgehead atoms. The molecule has 78 valence electrons. The van der Waals surface area contributed by atoms with E-state index in [0.29, 0.717) is 19.4 Å². The zero-order valence-corrected chi connectivity index (χ0v) is 8.79. The van der Waals surface area contributed by atoms with Crippen LogP contribution in [0.2, 0.25) is 0 Å². The van der Waals surface area contributed by atoms with Gasteiger partial charge in [0.2, 0.25) is 5.91 Å². The lowest BCUT2D eigenvalue weighted by molar-refractivity contribution is -0.133. The van der Waals surface area contributed by atoms with Gasteiger partial charge >= 0.3 is 0 Å².